The van der Waals surface area contributed by atoms with Gasteiger partial charge in [-0.25, -0.2) is 0 Å². The summed E-state index contributed by atoms with van der Waals surface area (Å²) in [4.78, 5) is 4.58. The molecule has 0 N–H and O–H groups in total. The van der Waals surface area contributed by atoms with Crippen LogP contribution in [-0.2, 0) is 11.3 Å². The summed E-state index contributed by atoms with van der Waals surface area (Å²) in [5.74, 6) is 0. The van der Waals surface area contributed by atoms with Crippen LogP contribution in [0.1, 0.15) is 35.4 Å². The molecule has 1 aromatic heterocycles. The van der Waals surface area contributed by atoms with E-state index in [-0.39, 0.29) is 6.10 Å². The molecule has 1 atom stereocenters. The average Bonchev–Trinajstić information content (AvgIpc) is 2.52. The molecular formula is C20H21NO. The molecule has 3 rings (SSSR count). The Morgan fingerprint density at radius 3 is 2.64 bits per heavy atom. The molecule has 3 aromatic rings. The Bertz CT molecular complexity index is 795. The molecule has 0 bridgehead atoms. The van der Waals surface area contributed by atoms with Crippen molar-refractivity contribution in [2.45, 2.75) is 33.5 Å². The zero-order chi connectivity index (χ0) is 15.5. The summed E-state index contributed by atoms with van der Waals surface area (Å²) in [5.41, 5.74) is 5.74. The monoisotopic (exact) mass is 291 g/mol. The molecule has 2 nitrogen and oxygen atoms in total. The van der Waals surface area contributed by atoms with Gasteiger partial charge in [-0.15, -0.1) is 0 Å². The van der Waals surface area contributed by atoms with Gasteiger partial charge in [0.2, 0.25) is 0 Å². The average molecular weight is 291 g/mol. The number of fused-ring (bicyclic) bond motifs is 1. The summed E-state index contributed by atoms with van der Waals surface area (Å²) in [6.45, 7) is 6.83. The number of rotatable bonds is 4. The molecule has 0 saturated carbocycles. The lowest BCUT2D eigenvalue weighted by Gasteiger charge is -2.15. The van der Waals surface area contributed by atoms with Gasteiger partial charge >= 0.3 is 0 Å². The van der Waals surface area contributed by atoms with Gasteiger partial charge in [-0.1, -0.05) is 48.0 Å². The highest BCUT2D eigenvalue weighted by atomic mass is 16.5. The van der Waals surface area contributed by atoms with Crippen LogP contribution in [0, 0.1) is 13.8 Å². The van der Waals surface area contributed by atoms with Gasteiger partial charge in [-0.2, -0.15) is 0 Å². The van der Waals surface area contributed by atoms with E-state index in [2.05, 4.69) is 61.3 Å². The first-order valence-electron chi connectivity index (χ1n) is 7.67. The van der Waals surface area contributed by atoms with E-state index < -0.39 is 0 Å². The van der Waals surface area contributed by atoms with Crippen molar-refractivity contribution in [2.24, 2.45) is 0 Å². The number of hydrogen-bond donors (Lipinski definition) is 0. The van der Waals surface area contributed by atoms with Gasteiger partial charge < -0.3 is 4.74 Å². The number of pyridine rings is 1. The number of para-hydroxylation sites is 1. The molecule has 0 fully saturated rings. The molecule has 0 saturated heterocycles. The summed E-state index contributed by atoms with van der Waals surface area (Å²) in [6.07, 6.45) is 0.0760. The summed E-state index contributed by atoms with van der Waals surface area (Å²) < 4.78 is 6.10. The van der Waals surface area contributed by atoms with Crippen molar-refractivity contribution >= 4 is 10.9 Å². The first-order chi connectivity index (χ1) is 10.6. The Labute approximate surface area is 131 Å². The first-order valence-corrected chi connectivity index (χ1v) is 7.67. The van der Waals surface area contributed by atoms with E-state index in [4.69, 9.17) is 4.74 Å². The number of aromatic nitrogens is 1. The van der Waals surface area contributed by atoms with E-state index in [1.54, 1.807) is 0 Å². The van der Waals surface area contributed by atoms with Gasteiger partial charge in [0.25, 0.3) is 0 Å². The van der Waals surface area contributed by atoms with Gasteiger partial charge in [-0.05, 0) is 44.0 Å². The van der Waals surface area contributed by atoms with Crippen LogP contribution in [0.5, 0.6) is 0 Å². The molecule has 0 spiro atoms. The van der Waals surface area contributed by atoms with Crippen LogP contribution in [0.25, 0.3) is 10.9 Å². The van der Waals surface area contributed by atoms with Crippen molar-refractivity contribution < 1.29 is 4.74 Å². The lowest BCUT2D eigenvalue weighted by molar-refractivity contribution is 0.0531. The van der Waals surface area contributed by atoms with Gasteiger partial charge in [0, 0.05) is 11.1 Å². The predicted molar refractivity (Wildman–Crippen MR) is 90.9 cm³/mol. The van der Waals surface area contributed by atoms with Crippen LogP contribution in [0.3, 0.4) is 0 Å². The van der Waals surface area contributed by atoms with Crippen molar-refractivity contribution in [3.8, 4) is 0 Å². The smallest absolute Gasteiger partial charge is 0.0801 e. The summed E-state index contributed by atoms with van der Waals surface area (Å²) in [6, 6.07) is 18.8. The molecule has 22 heavy (non-hydrogen) atoms. The highest BCUT2D eigenvalue weighted by Crippen LogP contribution is 2.23. The lowest BCUT2D eigenvalue weighted by Crippen LogP contribution is -2.02. The third-order valence-corrected chi connectivity index (χ3v) is 3.93. The van der Waals surface area contributed by atoms with Crippen molar-refractivity contribution in [1.82, 2.24) is 4.98 Å². The van der Waals surface area contributed by atoms with Crippen molar-refractivity contribution in [3.05, 3.63) is 77.0 Å². The maximum atomic E-state index is 6.10. The molecule has 2 aromatic carbocycles. The molecular weight excluding hydrogens is 270 g/mol. The first kappa shape index (κ1) is 14.7. The lowest BCUT2D eigenvalue weighted by atomic mass is 10.1. The minimum Gasteiger partial charge on any atom is -0.369 e. The van der Waals surface area contributed by atoms with Gasteiger partial charge in [0.1, 0.15) is 0 Å². The van der Waals surface area contributed by atoms with Crippen LogP contribution in [-0.4, -0.2) is 4.98 Å². The normalized spacial score (nSPS) is 12.5. The summed E-state index contributed by atoms with van der Waals surface area (Å²) in [5, 5.41) is 1.17. The zero-order valence-corrected chi connectivity index (χ0v) is 13.3. The number of nitrogens with zero attached hydrogens (tertiary/aromatic N) is 1. The second-order valence-electron chi connectivity index (χ2n) is 5.81. The number of hydrogen-bond acceptors (Lipinski definition) is 2. The molecule has 0 aliphatic carbocycles. The van der Waals surface area contributed by atoms with E-state index in [0.29, 0.717) is 6.61 Å². The van der Waals surface area contributed by atoms with Crippen molar-refractivity contribution in [3.63, 3.8) is 0 Å². The van der Waals surface area contributed by atoms with Crippen LogP contribution in [0.15, 0.2) is 54.6 Å². The van der Waals surface area contributed by atoms with E-state index >= 15 is 0 Å². The Hall–Kier alpha value is -2.19. The molecule has 1 heterocycles. The van der Waals surface area contributed by atoms with Crippen LogP contribution in [0.4, 0.5) is 0 Å². The summed E-state index contributed by atoms with van der Waals surface area (Å²) in [7, 11) is 0. The van der Waals surface area contributed by atoms with E-state index in [1.165, 1.54) is 22.1 Å². The molecule has 0 unspecified atom stereocenters. The molecule has 112 valence electrons. The molecule has 0 amide bonds. The second kappa shape index (κ2) is 6.29. The topological polar surface area (TPSA) is 22.1 Å². The third kappa shape index (κ3) is 3.18. The molecule has 2 heteroatoms. The zero-order valence-electron chi connectivity index (χ0n) is 13.3. The second-order valence-corrected chi connectivity index (χ2v) is 5.81. The van der Waals surface area contributed by atoms with E-state index in [0.717, 1.165) is 11.2 Å². The quantitative estimate of drug-likeness (QED) is 0.665. The Balaban J connectivity index is 1.82. The molecule has 0 aliphatic rings. The maximum absolute atomic E-state index is 6.10. The van der Waals surface area contributed by atoms with Gasteiger partial charge in [-0.3, -0.25) is 4.98 Å². The molecule has 0 aliphatic heterocycles. The van der Waals surface area contributed by atoms with Crippen molar-refractivity contribution in [1.29, 1.82) is 0 Å². The number of aryl methyl sites for hydroxylation is 2. The van der Waals surface area contributed by atoms with Gasteiger partial charge in [0.15, 0.2) is 0 Å². The predicted octanol–water partition coefficient (Wildman–Crippen LogP) is 5.13. The minimum absolute atomic E-state index is 0.0760. The molecule has 0 radical (unpaired) electrons. The van der Waals surface area contributed by atoms with Crippen molar-refractivity contribution in [2.75, 3.05) is 0 Å². The Morgan fingerprint density at radius 1 is 1.00 bits per heavy atom. The summed E-state index contributed by atoms with van der Waals surface area (Å²) >= 11 is 0. The van der Waals surface area contributed by atoms with Crippen LogP contribution in [0.2, 0.25) is 0 Å². The fraction of sp³-hybridized carbons (Fsp3) is 0.250. The number of benzene rings is 2. The minimum atomic E-state index is 0.0760. The Morgan fingerprint density at radius 2 is 1.82 bits per heavy atom. The largest absolute Gasteiger partial charge is 0.369 e. The Kier molecular flexibility index (Phi) is 4.21. The maximum Gasteiger partial charge on any atom is 0.0801 e. The van der Waals surface area contributed by atoms with Crippen LogP contribution < -0.4 is 0 Å². The van der Waals surface area contributed by atoms with Gasteiger partial charge in [0.05, 0.1) is 18.2 Å². The van der Waals surface area contributed by atoms with E-state index in [9.17, 15) is 0 Å². The fourth-order valence-corrected chi connectivity index (χ4v) is 2.75. The SMILES string of the molecule is Cc1cccc([C@@H](C)OCc2cc(C)nc3ccccc23)c1. The number of ether oxygens (including phenoxy) is 1. The standard InChI is InChI=1S/C20H21NO/c1-14-7-6-8-17(11-14)16(3)22-13-18-12-15(2)21-20-10-5-4-9-19(18)20/h4-12,16H,13H2,1-3H3/t16-/m1/s1. The highest BCUT2D eigenvalue weighted by molar-refractivity contribution is 5.82. The highest BCUT2D eigenvalue weighted by Gasteiger charge is 2.09. The fourth-order valence-electron chi connectivity index (χ4n) is 2.75. The third-order valence-electron chi connectivity index (χ3n) is 3.93. The van der Waals surface area contributed by atoms with Crippen LogP contribution >= 0.6 is 0 Å². The van der Waals surface area contributed by atoms with E-state index in [1.807, 2.05) is 19.1 Å².